The Morgan fingerprint density at radius 1 is 1.29 bits per heavy atom. The minimum absolute atomic E-state index is 0.171. The highest BCUT2D eigenvalue weighted by atomic mass is 19.1. The lowest BCUT2D eigenvalue weighted by Gasteiger charge is -2.13. The van der Waals surface area contributed by atoms with Gasteiger partial charge in [0.05, 0.1) is 5.56 Å². The normalized spacial score (nSPS) is 14.1. The Labute approximate surface area is 120 Å². The third-order valence-electron chi connectivity index (χ3n) is 3.30. The van der Waals surface area contributed by atoms with Crippen molar-refractivity contribution < 1.29 is 13.5 Å². The molecule has 1 aliphatic rings. The largest absolute Gasteiger partial charge is 0.435 e. The van der Waals surface area contributed by atoms with Crippen molar-refractivity contribution in [3.63, 3.8) is 0 Å². The van der Waals surface area contributed by atoms with Crippen LogP contribution in [0.3, 0.4) is 0 Å². The average Bonchev–Trinajstić information content (AvgIpc) is 3.29. The summed E-state index contributed by atoms with van der Waals surface area (Å²) in [5.41, 5.74) is 3.00. The SMILES string of the molecule is Cc1c(NN)nc(C2CC2)nc1Oc1cc(F)ccc1F. The maximum absolute atomic E-state index is 13.7. The molecule has 21 heavy (non-hydrogen) atoms. The molecule has 0 atom stereocenters. The molecule has 0 spiro atoms. The van der Waals surface area contributed by atoms with Crippen LogP contribution in [-0.2, 0) is 0 Å². The van der Waals surface area contributed by atoms with Crippen molar-refractivity contribution >= 4 is 5.82 Å². The van der Waals surface area contributed by atoms with Gasteiger partial charge in [0.15, 0.2) is 17.4 Å². The first kappa shape index (κ1) is 13.7. The van der Waals surface area contributed by atoms with Crippen LogP contribution in [0, 0.1) is 18.6 Å². The Kier molecular flexibility index (Phi) is 3.42. The van der Waals surface area contributed by atoms with Gasteiger partial charge in [-0.3, -0.25) is 0 Å². The van der Waals surface area contributed by atoms with Gasteiger partial charge in [0, 0.05) is 12.0 Å². The van der Waals surface area contributed by atoms with Gasteiger partial charge in [0.25, 0.3) is 0 Å². The number of nitrogens with one attached hydrogen (secondary N) is 1. The predicted octanol–water partition coefficient (Wildman–Crippen LogP) is 3.02. The summed E-state index contributed by atoms with van der Waals surface area (Å²) < 4.78 is 32.3. The molecule has 2 aromatic rings. The van der Waals surface area contributed by atoms with Crippen molar-refractivity contribution in [1.29, 1.82) is 0 Å². The monoisotopic (exact) mass is 292 g/mol. The molecule has 1 heterocycles. The number of nitrogens with two attached hydrogens (primary N) is 1. The quantitative estimate of drug-likeness (QED) is 0.669. The number of rotatable bonds is 4. The highest BCUT2D eigenvalue weighted by Gasteiger charge is 2.28. The second kappa shape index (κ2) is 5.25. The zero-order chi connectivity index (χ0) is 15.0. The van der Waals surface area contributed by atoms with E-state index in [0.717, 1.165) is 31.0 Å². The second-order valence-electron chi connectivity index (χ2n) is 4.96. The van der Waals surface area contributed by atoms with E-state index in [1.165, 1.54) is 0 Å². The van der Waals surface area contributed by atoms with Crippen LogP contribution in [0.15, 0.2) is 18.2 Å². The molecule has 3 N–H and O–H groups in total. The maximum Gasteiger partial charge on any atom is 0.227 e. The number of ether oxygens (including phenoxy) is 1. The van der Waals surface area contributed by atoms with E-state index in [4.69, 9.17) is 10.6 Å². The Morgan fingerprint density at radius 2 is 2.05 bits per heavy atom. The van der Waals surface area contributed by atoms with Crippen LogP contribution in [0.2, 0.25) is 0 Å². The molecular formula is C14H14F2N4O. The van der Waals surface area contributed by atoms with E-state index in [2.05, 4.69) is 15.4 Å². The van der Waals surface area contributed by atoms with Crippen LogP contribution in [0.4, 0.5) is 14.6 Å². The third-order valence-corrected chi connectivity index (χ3v) is 3.30. The molecule has 0 radical (unpaired) electrons. The molecule has 3 rings (SSSR count). The molecule has 5 nitrogen and oxygen atoms in total. The summed E-state index contributed by atoms with van der Waals surface area (Å²) in [5, 5.41) is 0. The lowest BCUT2D eigenvalue weighted by Crippen LogP contribution is -2.13. The summed E-state index contributed by atoms with van der Waals surface area (Å²) in [5.74, 6) is 5.42. The number of benzene rings is 1. The highest BCUT2D eigenvalue weighted by molar-refractivity contribution is 5.49. The van der Waals surface area contributed by atoms with Crippen LogP contribution >= 0.6 is 0 Å². The molecule has 0 saturated heterocycles. The van der Waals surface area contributed by atoms with Gasteiger partial charge in [0.2, 0.25) is 5.88 Å². The number of nitrogens with zero attached hydrogens (tertiary/aromatic N) is 2. The van der Waals surface area contributed by atoms with Crippen molar-refractivity contribution in [1.82, 2.24) is 9.97 Å². The van der Waals surface area contributed by atoms with Crippen LogP contribution in [0.25, 0.3) is 0 Å². The number of nitrogen functional groups attached to an aromatic ring is 1. The molecule has 0 aliphatic heterocycles. The van der Waals surface area contributed by atoms with Crippen molar-refractivity contribution in [3.05, 3.63) is 41.2 Å². The van der Waals surface area contributed by atoms with Crippen LogP contribution in [0.1, 0.15) is 30.1 Å². The van der Waals surface area contributed by atoms with E-state index in [9.17, 15) is 8.78 Å². The maximum atomic E-state index is 13.7. The van der Waals surface area contributed by atoms with Gasteiger partial charge in [-0.05, 0) is 31.9 Å². The van der Waals surface area contributed by atoms with Gasteiger partial charge in [0.1, 0.15) is 11.6 Å². The van der Waals surface area contributed by atoms with Gasteiger partial charge in [-0.1, -0.05) is 0 Å². The third kappa shape index (κ3) is 2.78. The number of hydrazine groups is 1. The molecule has 1 aromatic heterocycles. The van der Waals surface area contributed by atoms with Gasteiger partial charge >= 0.3 is 0 Å². The van der Waals surface area contributed by atoms with E-state index in [1.54, 1.807) is 6.92 Å². The van der Waals surface area contributed by atoms with Crippen LogP contribution in [0.5, 0.6) is 11.6 Å². The fraction of sp³-hybridized carbons (Fsp3) is 0.286. The van der Waals surface area contributed by atoms with Gasteiger partial charge in [-0.25, -0.2) is 19.6 Å². The Morgan fingerprint density at radius 3 is 2.71 bits per heavy atom. The fourth-order valence-corrected chi connectivity index (χ4v) is 1.94. The molecule has 1 fully saturated rings. The van der Waals surface area contributed by atoms with Crippen molar-refractivity contribution in [2.45, 2.75) is 25.7 Å². The summed E-state index contributed by atoms with van der Waals surface area (Å²) in [6.45, 7) is 1.69. The van der Waals surface area contributed by atoms with E-state index in [0.29, 0.717) is 17.2 Å². The summed E-state index contributed by atoms with van der Waals surface area (Å²) in [7, 11) is 0. The van der Waals surface area contributed by atoms with Crippen molar-refractivity contribution in [2.24, 2.45) is 5.84 Å². The molecule has 110 valence electrons. The number of halogens is 2. The lowest BCUT2D eigenvalue weighted by molar-refractivity contribution is 0.417. The second-order valence-corrected chi connectivity index (χ2v) is 4.96. The zero-order valence-electron chi connectivity index (χ0n) is 11.4. The van der Waals surface area contributed by atoms with E-state index < -0.39 is 11.6 Å². The molecule has 0 bridgehead atoms. The molecular weight excluding hydrogens is 278 g/mol. The minimum Gasteiger partial charge on any atom is -0.435 e. The van der Waals surface area contributed by atoms with Gasteiger partial charge in [-0.2, -0.15) is 4.98 Å². The smallest absolute Gasteiger partial charge is 0.227 e. The summed E-state index contributed by atoms with van der Waals surface area (Å²) in [6.07, 6.45) is 2.00. The number of hydrogen-bond donors (Lipinski definition) is 2. The first-order valence-corrected chi connectivity index (χ1v) is 6.56. The molecule has 1 saturated carbocycles. The van der Waals surface area contributed by atoms with Crippen LogP contribution in [-0.4, -0.2) is 9.97 Å². The Bertz CT molecular complexity index is 689. The summed E-state index contributed by atoms with van der Waals surface area (Å²) in [6, 6.07) is 3.01. The van der Waals surface area contributed by atoms with E-state index >= 15 is 0 Å². The topological polar surface area (TPSA) is 73.1 Å². The molecule has 1 aromatic carbocycles. The van der Waals surface area contributed by atoms with E-state index in [1.807, 2.05) is 0 Å². The van der Waals surface area contributed by atoms with E-state index in [-0.39, 0.29) is 17.5 Å². The molecule has 0 amide bonds. The number of anilines is 1. The first-order chi connectivity index (χ1) is 10.1. The minimum atomic E-state index is -0.662. The van der Waals surface area contributed by atoms with Gasteiger partial charge in [-0.15, -0.1) is 0 Å². The molecule has 1 aliphatic carbocycles. The summed E-state index contributed by atoms with van der Waals surface area (Å²) in [4.78, 5) is 8.59. The number of hydrogen-bond acceptors (Lipinski definition) is 5. The van der Waals surface area contributed by atoms with Gasteiger partial charge < -0.3 is 10.2 Å². The average molecular weight is 292 g/mol. The lowest BCUT2D eigenvalue weighted by atomic mass is 10.3. The summed E-state index contributed by atoms with van der Waals surface area (Å²) >= 11 is 0. The molecule has 0 unspecified atom stereocenters. The van der Waals surface area contributed by atoms with Crippen molar-refractivity contribution in [3.8, 4) is 11.6 Å². The predicted molar refractivity (Wildman–Crippen MR) is 73.0 cm³/mol. The van der Waals surface area contributed by atoms with Crippen LogP contribution < -0.4 is 16.0 Å². The molecule has 7 heteroatoms. The Balaban J connectivity index is 2.00. The Hall–Kier alpha value is -2.28. The number of aromatic nitrogens is 2. The van der Waals surface area contributed by atoms with Crippen molar-refractivity contribution in [2.75, 3.05) is 5.43 Å². The zero-order valence-corrected chi connectivity index (χ0v) is 11.4. The fourth-order valence-electron chi connectivity index (χ4n) is 1.94. The first-order valence-electron chi connectivity index (χ1n) is 6.56. The standard InChI is InChI=1S/C14H14F2N4O/c1-7-12(20-17)18-13(8-2-3-8)19-14(7)21-11-6-9(15)4-5-10(11)16/h4-6,8H,2-3,17H2,1H3,(H,18,19,20). The highest BCUT2D eigenvalue weighted by Crippen LogP contribution is 2.40.